The van der Waals surface area contributed by atoms with Crippen LogP contribution in [0.5, 0.6) is 11.5 Å². The van der Waals surface area contributed by atoms with Crippen molar-refractivity contribution in [2.24, 2.45) is 0 Å². The molecule has 2 aromatic rings. The van der Waals surface area contributed by atoms with Crippen molar-refractivity contribution >= 4 is 11.8 Å². The van der Waals surface area contributed by atoms with E-state index in [1.165, 1.54) is 31.2 Å². The van der Waals surface area contributed by atoms with Crippen molar-refractivity contribution in [3.05, 3.63) is 59.9 Å². The quantitative estimate of drug-likeness (QED) is 0.578. The zero-order valence-electron chi connectivity index (χ0n) is 14.5. The summed E-state index contributed by atoms with van der Waals surface area (Å²) in [5.74, 6) is -2.22. The predicted octanol–water partition coefficient (Wildman–Crippen LogP) is 2.84. The number of ether oxygens (including phenoxy) is 2. The van der Waals surface area contributed by atoms with Crippen molar-refractivity contribution in [3.63, 3.8) is 0 Å². The summed E-state index contributed by atoms with van der Waals surface area (Å²) in [6, 6.07) is 9.27. The van der Waals surface area contributed by atoms with Crippen molar-refractivity contribution in [2.45, 2.75) is 19.2 Å². The first-order valence-electron chi connectivity index (χ1n) is 7.97. The Hall–Kier alpha value is -3.30. The molecule has 1 atom stereocenters. The Morgan fingerprint density at radius 2 is 1.68 bits per heavy atom. The second-order valence-corrected chi connectivity index (χ2v) is 5.54. The van der Waals surface area contributed by atoms with Gasteiger partial charge >= 0.3 is 6.18 Å². The monoisotopic (exact) mass is 400 g/mol. The lowest BCUT2D eigenvalue weighted by atomic mass is 10.2. The first-order chi connectivity index (χ1) is 13.2. The number of benzene rings is 2. The summed E-state index contributed by atoms with van der Waals surface area (Å²) < 4.78 is 61.0. The van der Waals surface area contributed by atoms with Gasteiger partial charge < -0.3 is 9.47 Å². The molecule has 0 heterocycles. The van der Waals surface area contributed by atoms with Crippen LogP contribution in [0.1, 0.15) is 12.5 Å². The number of amides is 2. The molecule has 0 aliphatic rings. The van der Waals surface area contributed by atoms with Crippen LogP contribution in [-0.4, -0.2) is 24.5 Å². The van der Waals surface area contributed by atoms with E-state index in [0.717, 1.165) is 24.3 Å². The van der Waals surface area contributed by atoms with E-state index < -0.39 is 42.1 Å². The third-order valence-electron chi connectivity index (χ3n) is 3.39. The molecule has 0 aliphatic heterocycles. The van der Waals surface area contributed by atoms with E-state index in [2.05, 4.69) is 10.9 Å². The molecule has 2 N–H and O–H groups in total. The molecule has 0 spiro atoms. The predicted molar refractivity (Wildman–Crippen MR) is 89.7 cm³/mol. The number of carbonyl (C=O) groups excluding carboxylic acids is 2. The number of rotatable bonds is 6. The smallest absolute Gasteiger partial charge is 0.416 e. The second-order valence-electron chi connectivity index (χ2n) is 5.54. The number of halogens is 4. The lowest BCUT2D eigenvalue weighted by molar-refractivity contribution is -0.137. The minimum absolute atomic E-state index is 0.0470. The Labute approximate surface area is 157 Å². The lowest BCUT2D eigenvalue weighted by Crippen LogP contribution is -2.48. The fourth-order valence-electron chi connectivity index (χ4n) is 1.94. The lowest BCUT2D eigenvalue weighted by Gasteiger charge is -2.15. The maximum Gasteiger partial charge on any atom is 0.416 e. The van der Waals surface area contributed by atoms with Gasteiger partial charge in [0, 0.05) is 0 Å². The van der Waals surface area contributed by atoms with Crippen LogP contribution in [0.3, 0.4) is 0 Å². The third-order valence-corrected chi connectivity index (χ3v) is 3.39. The Kier molecular flexibility index (Phi) is 6.80. The average molecular weight is 400 g/mol. The molecule has 1 unspecified atom stereocenters. The van der Waals surface area contributed by atoms with Crippen molar-refractivity contribution in [1.29, 1.82) is 0 Å². The van der Waals surface area contributed by atoms with Crippen LogP contribution < -0.4 is 20.3 Å². The number of hydrogen-bond acceptors (Lipinski definition) is 4. The van der Waals surface area contributed by atoms with Crippen molar-refractivity contribution in [1.82, 2.24) is 10.9 Å². The molecule has 28 heavy (non-hydrogen) atoms. The van der Waals surface area contributed by atoms with Crippen LogP contribution >= 0.6 is 0 Å². The van der Waals surface area contributed by atoms with E-state index in [9.17, 15) is 27.2 Å². The average Bonchev–Trinajstić information content (AvgIpc) is 2.65. The molecule has 6 nitrogen and oxygen atoms in total. The maximum atomic E-state index is 13.5. The molecule has 0 fully saturated rings. The molecular weight excluding hydrogens is 384 g/mol. The van der Waals surface area contributed by atoms with Gasteiger partial charge in [-0.25, -0.2) is 4.39 Å². The zero-order chi connectivity index (χ0) is 20.7. The summed E-state index contributed by atoms with van der Waals surface area (Å²) in [6.45, 7) is 0.806. The van der Waals surface area contributed by atoms with Crippen LogP contribution in [0, 0.1) is 5.82 Å². The molecule has 0 saturated heterocycles. The summed E-state index contributed by atoms with van der Waals surface area (Å²) in [5.41, 5.74) is 3.28. The Morgan fingerprint density at radius 3 is 2.29 bits per heavy atom. The highest BCUT2D eigenvalue weighted by molar-refractivity contribution is 5.85. The van der Waals surface area contributed by atoms with E-state index in [1.807, 2.05) is 0 Å². The van der Waals surface area contributed by atoms with Gasteiger partial charge in [0.2, 0.25) is 0 Å². The summed E-state index contributed by atoms with van der Waals surface area (Å²) in [4.78, 5) is 23.5. The molecule has 2 aromatic carbocycles. The van der Waals surface area contributed by atoms with E-state index >= 15 is 0 Å². The summed E-state index contributed by atoms with van der Waals surface area (Å²) in [5, 5.41) is 0. The van der Waals surface area contributed by atoms with E-state index in [0.29, 0.717) is 0 Å². The molecule has 0 bridgehead atoms. The number of alkyl halides is 3. The number of nitrogens with one attached hydrogen (secondary N) is 2. The molecule has 0 radical (unpaired) electrons. The summed E-state index contributed by atoms with van der Waals surface area (Å²) >= 11 is 0. The molecular formula is C18H16F4N2O4. The first-order valence-corrected chi connectivity index (χ1v) is 7.97. The minimum atomic E-state index is -4.47. The van der Waals surface area contributed by atoms with Crippen LogP contribution in [0.25, 0.3) is 0 Å². The topological polar surface area (TPSA) is 76.7 Å². The van der Waals surface area contributed by atoms with E-state index in [-0.39, 0.29) is 11.5 Å². The highest BCUT2D eigenvalue weighted by atomic mass is 19.4. The summed E-state index contributed by atoms with van der Waals surface area (Å²) in [6.07, 6.45) is -5.57. The molecule has 0 saturated carbocycles. The van der Waals surface area contributed by atoms with Crippen molar-refractivity contribution < 1.29 is 36.6 Å². The van der Waals surface area contributed by atoms with Gasteiger partial charge in [-0.15, -0.1) is 0 Å². The maximum absolute atomic E-state index is 13.5. The number of carbonyl (C=O) groups is 2. The molecule has 2 amide bonds. The van der Waals surface area contributed by atoms with E-state index in [1.54, 1.807) is 0 Å². The van der Waals surface area contributed by atoms with Gasteiger partial charge in [-0.05, 0) is 43.3 Å². The van der Waals surface area contributed by atoms with Gasteiger partial charge in [0.05, 0.1) is 5.56 Å². The number of hydrogen-bond donors (Lipinski definition) is 2. The molecule has 0 aromatic heterocycles. The molecule has 10 heteroatoms. The Bertz CT molecular complexity index is 825. The standard InChI is InChI=1S/C18H16F4N2O4/c1-11(28-15-5-3-2-4-14(15)19)17(26)24-23-16(25)10-27-13-8-6-12(7-9-13)18(20,21)22/h2-9,11H,10H2,1H3,(H,23,25)(H,24,26). The van der Waals surface area contributed by atoms with Crippen LogP contribution in [-0.2, 0) is 15.8 Å². The van der Waals surface area contributed by atoms with Crippen molar-refractivity contribution in [2.75, 3.05) is 6.61 Å². The fraction of sp³-hybridized carbons (Fsp3) is 0.222. The van der Waals surface area contributed by atoms with Crippen molar-refractivity contribution in [3.8, 4) is 11.5 Å². The molecule has 0 aliphatic carbocycles. The first kappa shape index (κ1) is 21.0. The second kappa shape index (κ2) is 9.07. The van der Waals surface area contributed by atoms with E-state index in [4.69, 9.17) is 9.47 Å². The normalized spacial score (nSPS) is 12.0. The fourth-order valence-corrected chi connectivity index (χ4v) is 1.94. The molecule has 150 valence electrons. The Morgan fingerprint density at radius 1 is 1.04 bits per heavy atom. The highest BCUT2D eigenvalue weighted by Gasteiger charge is 2.30. The zero-order valence-corrected chi connectivity index (χ0v) is 14.5. The van der Waals surface area contributed by atoms with Gasteiger partial charge in [-0.3, -0.25) is 20.4 Å². The van der Waals surface area contributed by atoms with Gasteiger partial charge in [-0.1, -0.05) is 12.1 Å². The van der Waals surface area contributed by atoms with Gasteiger partial charge in [0.1, 0.15) is 5.75 Å². The van der Waals surface area contributed by atoms with Crippen LogP contribution in [0.2, 0.25) is 0 Å². The third kappa shape index (κ3) is 6.15. The van der Waals surface area contributed by atoms with Crippen LogP contribution in [0.15, 0.2) is 48.5 Å². The molecule has 2 rings (SSSR count). The SMILES string of the molecule is CC(Oc1ccccc1F)C(=O)NNC(=O)COc1ccc(C(F)(F)F)cc1. The Balaban J connectivity index is 1.75. The van der Waals surface area contributed by atoms with Gasteiger partial charge in [-0.2, -0.15) is 13.2 Å². The van der Waals surface area contributed by atoms with Gasteiger partial charge in [0.15, 0.2) is 24.3 Å². The van der Waals surface area contributed by atoms with Gasteiger partial charge in [0.25, 0.3) is 11.8 Å². The highest BCUT2D eigenvalue weighted by Crippen LogP contribution is 2.30. The largest absolute Gasteiger partial charge is 0.484 e. The summed E-state index contributed by atoms with van der Waals surface area (Å²) in [7, 11) is 0. The number of hydrazine groups is 1. The number of para-hydroxylation sites is 1. The van der Waals surface area contributed by atoms with Crippen LogP contribution in [0.4, 0.5) is 17.6 Å². The minimum Gasteiger partial charge on any atom is -0.484 e.